The third kappa shape index (κ3) is 2.04. The summed E-state index contributed by atoms with van der Waals surface area (Å²) in [4.78, 5) is 0. The van der Waals surface area contributed by atoms with Crippen LogP contribution in [0.3, 0.4) is 0 Å². The van der Waals surface area contributed by atoms with Gasteiger partial charge < -0.3 is 19.7 Å². The van der Waals surface area contributed by atoms with E-state index in [4.69, 9.17) is 19.7 Å². The second kappa shape index (κ2) is 4.78. The molecule has 0 aliphatic heterocycles. The van der Waals surface area contributed by atoms with E-state index < -0.39 is 0 Å². The monoisotopic (exact) mass is 234 g/mol. The van der Waals surface area contributed by atoms with Crippen LogP contribution in [0.4, 0.5) is 5.88 Å². The maximum Gasteiger partial charge on any atom is 0.230 e. The molecule has 5 heteroatoms. The predicted molar refractivity (Wildman–Crippen MR) is 64.1 cm³/mol. The molecule has 0 aliphatic carbocycles. The van der Waals surface area contributed by atoms with E-state index in [0.717, 1.165) is 5.56 Å². The summed E-state index contributed by atoms with van der Waals surface area (Å²) < 4.78 is 15.7. The Morgan fingerprint density at radius 1 is 1.35 bits per heavy atom. The summed E-state index contributed by atoms with van der Waals surface area (Å²) in [5.74, 6) is 1.61. The van der Waals surface area contributed by atoms with Crippen LogP contribution < -0.4 is 15.2 Å². The summed E-state index contributed by atoms with van der Waals surface area (Å²) >= 11 is 0. The normalized spacial score (nSPS) is 10.2. The maximum absolute atomic E-state index is 5.72. The first kappa shape index (κ1) is 11.3. The fraction of sp³-hybridized carbons (Fsp3) is 0.250. The lowest BCUT2D eigenvalue weighted by atomic mass is 10.1. The van der Waals surface area contributed by atoms with Crippen molar-refractivity contribution in [2.45, 2.75) is 6.92 Å². The van der Waals surface area contributed by atoms with Gasteiger partial charge in [0.15, 0.2) is 0 Å². The average molecular weight is 234 g/mol. The number of methoxy groups -OCH3 is 1. The van der Waals surface area contributed by atoms with E-state index in [9.17, 15) is 0 Å². The minimum absolute atomic E-state index is 0.246. The Balaban J connectivity index is 2.60. The number of aromatic nitrogens is 1. The number of nitrogens with two attached hydrogens (primary N) is 1. The molecule has 0 aliphatic rings. The molecular formula is C12H14N2O3. The third-order valence-corrected chi connectivity index (χ3v) is 2.38. The smallest absolute Gasteiger partial charge is 0.230 e. The molecule has 0 radical (unpaired) electrons. The predicted octanol–water partition coefficient (Wildman–Crippen LogP) is 2.33. The molecule has 1 aromatic heterocycles. The molecule has 0 atom stereocenters. The second-order valence-electron chi connectivity index (χ2n) is 3.37. The van der Waals surface area contributed by atoms with Gasteiger partial charge in [0.1, 0.15) is 11.5 Å². The second-order valence-corrected chi connectivity index (χ2v) is 3.37. The summed E-state index contributed by atoms with van der Waals surface area (Å²) in [6.45, 7) is 2.48. The molecule has 2 aromatic rings. The average Bonchev–Trinajstić information content (AvgIpc) is 2.75. The van der Waals surface area contributed by atoms with Gasteiger partial charge in [-0.25, -0.2) is 0 Å². The molecule has 1 aromatic carbocycles. The lowest BCUT2D eigenvalue weighted by molar-refractivity contribution is 0.338. The fourth-order valence-corrected chi connectivity index (χ4v) is 1.66. The zero-order valence-corrected chi connectivity index (χ0v) is 9.77. The first-order chi connectivity index (χ1) is 8.27. The minimum Gasteiger partial charge on any atom is -0.496 e. The Morgan fingerprint density at radius 3 is 2.71 bits per heavy atom. The van der Waals surface area contributed by atoms with Crippen LogP contribution in [0.15, 0.2) is 28.9 Å². The van der Waals surface area contributed by atoms with Gasteiger partial charge in [0.05, 0.1) is 31.0 Å². The van der Waals surface area contributed by atoms with Gasteiger partial charge in [-0.3, -0.25) is 0 Å². The zero-order chi connectivity index (χ0) is 12.3. The molecule has 5 nitrogen and oxygen atoms in total. The zero-order valence-electron chi connectivity index (χ0n) is 9.77. The van der Waals surface area contributed by atoms with Gasteiger partial charge in [-0.2, -0.15) is 0 Å². The molecule has 0 bridgehead atoms. The number of rotatable bonds is 4. The summed E-state index contributed by atoms with van der Waals surface area (Å²) in [5, 5.41) is 3.66. The van der Waals surface area contributed by atoms with Crippen molar-refractivity contribution in [2.75, 3.05) is 19.5 Å². The number of hydrogen-bond donors (Lipinski definition) is 1. The third-order valence-electron chi connectivity index (χ3n) is 2.38. The van der Waals surface area contributed by atoms with Crippen molar-refractivity contribution in [1.82, 2.24) is 5.16 Å². The van der Waals surface area contributed by atoms with Crippen molar-refractivity contribution < 1.29 is 14.0 Å². The Hall–Kier alpha value is -2.17. The minimum atomic E-state index is 0.246. The number of nitrogen functional groups attached to an aromatic ring is 1. The van der Waals surface area contributed by atoms with E-state index in [-0.39, 0.29) is 5.88 Å². The van der Waals surface area contributed by atoms with E-state index in [1.807, 2.05) is 25.1 Å². The Kier molecular flexibility index (Phi) is 3.18. The van der Waals surface area contributed by atoms with E-state index in [1.54, 1.807) is 13.3 Å². The van der Waals surface area contributed by atoms with Gasteiger partial charge in [0.25, 0.3) is 0 Å². The van der Waals surface area contributed by atoms with Gasteiger partial charge in [0, 0.05) is 0 Å². The van der Waals surface area contributed by atoms with Crippen LogP contribution in [0, 0.1) is 0 Å². The number of benzene rings is 1. The topological polar surface area (TPSA) is 70.5 Å². The molecule has 90 valence electrons. The standard InChI is InChI=1S/C12H14N2O3/c1-3-16-10-6-4-5-9(15-2)11(10)8-7-14-17-12(8)13/h4-7H,3,13H2,1-2H3. The van der Waals surface area contributed by atoms with Gasteiger partial charge in [-0.1, -0.05) is 11.2 Å². The van der Waals surface area contributed by atoms with E-state index in [0.29, 0.717) is 23.7 Å². The summed E-state index contributed by atoms with van der Waals surface area (Å²) in [6, 6.07) is 5.55. The van der Waals surface area contributed by atoms with Gasteiger partial charge in [-0.15, -0.1) is 0 Å². The van der Waals surface area contributed by atoms with E-state index in [1.165, 1.54) is 0 Å². The van der Waals surface area contributed by atoms with Gasteiger partial charge in [0.2, 0.25) is 5.88 Å². The Labute approximate surface area is 99.1 Å². The van der Waals surface area contributed by atoms with Gasteiger partial charge >= 0.3 is 0 Å². The SMILES string of the molecule is CCOc1cccc(OC)c1-c1cnoc1N. The van der Waals surface area contributed by atoms with E-state index >= 15 is 0 Å². The lowest BCUT2D eigenvalue weighted by Gasteiger charge is -2.12. The molecular weight excluding hydrogens is 220 g/mol. The molecule has 1 heterocycles. The number of nitrogens with zero attached hydrogens (tertiary/aromatic N) is 1. The van der Waals surface area contributed by atoms with Crippen molar-refractivity contribution >= 4 is 5.88 Å². The quantitative estimate of drug-likeness (QED) is 0.879. The summed E-state index contributed by atoms with van der Waals surface area (Å²) in [6.07, 6.45) is 1.55. The van der Waals surface area contributed by atoms with Crippen LogP contribution in [0.25, 0.3) is 11.1 Å². The highest BCUT2D eigenvalue weighted by molar-refractivity contribution is 5.82. The van der Waals surface area contributed by atoms with Crippen LogP contribution in [-0.2, 0) is 0 Å². The Morgan fingerprint density at radius 2 is 2.12 bits per heavy atom. The molecule has 0 unspecified atom stereocenters. The molecule has 2 rings (SSSR count). The van der Waals surface area contributed by atoms with E-state index in [2.05, 4.69) is 5.16 Å². The number of ether oxygens (including phenoxy) is 2. The van der Waals surface area contributed by atoms with Crippen molar-refractivity contribution in [3.63, 3.8) is 0 Å². The first-order valence-corrected chi connectivity index (χ1v) is 5.28. The molecule has 2 N–H and O–H groups in total. The molecule has 0 saturated carbocycles. The number of hydrogen-bond acceptors (Lipinski definition) is 5. The number of anilines is 1. The van der Waals surface area contributed by atoms with Crippen LogP contribution >= 0.6 is 0 Å². The molecule has 0 saturated heterocycles. The first-order valence-electron chi connectivity index (χ1n) is 5.28. The largest absolute Gasteiger partial charge is 0.496 e. The Bertz CT molecular complexity index is 508. The van der Waals surface area contributed by atoms with Crippen LogP contribution in [0.1, 0.15) is 6.92 Å². The van der Waals surface area contributed by atoms with Crippen LogP contribution in [-0.4, -0.2) is 18.9 Å². The molecule has 0 fully saturated rings. The highest BCUT2D eigenvalue weighted by Gasteiger charge is 2.17. The lowest BCUT2D eigenvalue weighted by Crippen LogP contribution is -1.97. The fourth-order valence-electron chi connectivity index (χ4n) is 1.66. The van der Waals surface area contributed by atoms with Crippen molar-refractivity contribution in [2.24, 2.45) is 0 Å². The van der Waals surface area contributed by atoms with Gasteiger partial charge in [-0.05, 0) is 19.1 Å². The highest BCUT2D eigenvalue weighted by atomic mass is 16.5. The van der Waals surface area contributed by atoms with Crippen LogP contribution in [0.5, 0.6) is 11.5 Å². The van der Waals surface area contributed by atoms with Crippen molar-refractivity contribution in [3.8, 4) is 22.6 Å². The summed E-state index contributed by atoms with van der Waals surface area (Å²) in [7, 11) is 1.60. The molecule has 0 spiro atoms. The van der Waals surface area contributed by atoms with Crippen molar-refractivity contribution in [3.05, 3.63) is 24.4 Å². The maximum atomic E-state index is 5.72. The summed E-state index contributed by atoms with van der Waals surface area (Å²) in [5.41, 5.74) is 7.15. The van der Waals surface area contributed by atoms with Crippen LogP contribution in [0.2, 0.25) is 0 Å². The highest BCUT2D eigenvalue weighted by Crippen LogP contribution is 2.40. The molecule has 0 amide bonds. The van der Waals surface area contributed by atoms with Crippen molar-refractivity contribution in [1.29, 1.82) is 0 Å². The molecule has 17 heavy (non-hydrogen) atoms.